The summed E-state index contributed by atoms with van der Waals surface area (Å²) < 4.78 is 11.9. The first-order valence-electron chi connectivity index (χ1n) is 6.77. The maximum absolute atomic E-state index is 5.55. The van der Waals surface area contributed by atoms with Gasteiger partial charge in [-0.1, -0.05) is 34.1 Å². The summed E-state index contributed by atoms with van der Waals surface area (Å²) in [4.78, 5) is 0. The molecular weight excluding hydrogens is 332 g/mol. The summed E-state index contributed by atoms with van der Waals surface area (Å²) in [6.45, 7) is 3.21. The van der Waals surface area contributed by atoms with Crippen LogP contribution in [-0.4, -0.2) is 13.7 Å². The predicted octanol–water partition coefficient (Wildman–Crippen LogP) is 3.97. The number of benzene rings is 2. The summed E-state index contributed by atoms with van der Waals surface area (Å²) in [5.41, 5.74) is 8.44. The molecule has 0 atom stereocenters. The van der Waals surface area contributed by atoms with Crippen molar-refractivity contribution in [2.75, 3.05) is 19.1 Å². The van der Waals surface area contributed by atoms with Gasteiger partial charge in [-0.15, -0.1) is 0 Å². The van der Waals surface area contributed by atoms with Crippen molar-refractivity contribution in [1.82, 2.24) is 5.43 Å². The topological polar surface area (TPSA) is 42.5 Å². The minimum absolute atomic E-state index is 0.607. The highest BCUT2D eigenvalue weighted by atomic mass is 79.9. The quantitative estimate of drug-likeness (QED) is 0.741. The van der Waals surface area contributed by atoms with Crippen molar-refractivity contribution in [2.24, 2.45) is 0 Å². The summed E-state index contributed by atoms with van der Waals surface area (Å²) >= 11 is 3.56. The van der Waals surface area contributed by atoms with E-state index in [-0.39, 0.29) is 0 Å². The lowest BCUT2D eigenvalue weighted by molar-refractivity contribution is 0.310. The van der Waals surface area contributed by atoms with Gasteiger partial charge in [0.2, 0.25) is 0 Å². The van der Waals surface area contributed by atoms with Crippen molar-refractivity contribution in [3.8, 4) is 11.5 Å². The monoisotopic (exact) mass is 350 g/mol. The molecule has 0 fully saturated rings. The molecule has 0 aliphatic carbocycles. The van der Waals surface area contributed by atoms with Crippen molar-refractivity contribution in [3.63, 3.8) is 0 Å². The maximum atomic E-state index is 5.55. The van der Waals surface area contributed by atoms with Crippen LogP contribution in [0.4, 0.5) is 5.69 Å². The van der Waals surface area contributed by atoms with Gasteiger partial charge in [0.15, 0.2) is 11.5 Å². The zero-order valence-electron chi connectivity index (χ0n) is 12.2. The Kier molecular flexibility index (Phi) is 5.90. The van der Waals surface area contributed by atoms with Gasteiger partial charge in [-0.25, -0.2) is 5.43 Å². The highest BCUT2D eigenvalue weighted by Crippen LogP contribution is 2.33. The molecule has 5 heteroatoms. The summed E-state index contributed by atoms with van der Waals surface area (Å²) in [5, 5.41) is 0. The largest absolute Gasteiger partial charge is 0.493 e. The van der Waals surface area contributed by atoms with Crippen molar-refractivity contribution in [1.29, 1.82) is 0 Å². The molecule has 0 amide bonds. The molecule has 2 aromatic carbocycles. The molecule has 2 aromatic rings. The fourth-order valence-corrected chi connectivity index (χ4v) is 2.37. The van der Waals surface area contributed by atoms with E-state index in [4.69, 9.17) is 9.47 Å². The molecule has 112 valence electrons. The normalized spacial score (nSPS) is 10.2. The van der Waals surface area contributed by atoms with E-state index in [9.17, 15) is 0 Å². The smallest absolute Gasteiger partial charge is 0.162 e. The number of halogens is 1. The Hall–Kier alpha value is -1.72. The van der Waals surface area contributed by atoms with Gasteiger partial charge < -0.3 is 14.9 Å². The molecular formula is C16H19BrN2O2. The molecule has 0 saturated heterocycles. The SMILES string of the molecule is CCOc1cc(Br)c(CNNc2ccccc2)cc1OC. The van der Waals surface area contributed by atoms with Crippen LogP contribution in [0.3, 0.4) is 0 Å². The molecule has 2 rings (SSSR count). The Morgan fingerprint density at radius 3 is 2.52 bits per heavy atom. The van der Waals surface area contributed by atoms with Crippen LogP contribution in [0.25, 0.3) is 0 Å². The van der Waals surface area contributed by atoms with E-state index < -0.39 is 0 Å². The number of para-hydroxylation sites is 1. The van der Waals surface area contributed by atoms with Crippen LogP contribution in [0.1, 0.15) is 12.5 Å². The molecule has 0 heterocycles. The molecule has 0 spiro atoms. The molecule has 0 aliphatic heterocycles. The number of hydrogen-bond acceptors (Lipinski definition) is 4. The van der Waals surface area contributed by atoms with Crippen LogP contribution in [0, 0.1) is 0 Å². The minimum Gasteiger partial charge on any atom is -0.493 e. The highest BCUT2D eigenvalue weighted by Gasteiger charge is 2.09. The van der Waals surface area contributed by atoms with Crippen LogP contribution in [0.5, 0.6) is 11.5 Å². The van der Waals surface area contributed by atoms with Gasteiger partial charge in [0, 0.05) is 16.7 Å². The second-order valence-corrected chi connectivity index (χ2v) is 5.23. The van der Waals surface area contributed by atoms with E-state index in [1.165, 1.54) is 0 Å². The lowest BCUT2D eigenvalue weighted by atomic mass is 10.2. The molecule has 21 heavy (non-hydrogen) atoms. The number of hydrazine groups is 1. The summed E-state index contributed by atoms with van der Waals surface area (Å²) in [6.07, 6.45) is 0. The van der Waals surface area contributed by atoms with Crippen molar-refractivity contribution in [2.45, 2.75) is 13.5 Å². The molecule has 0 saturated carbocycles. The van der Waals surface area contributed by atoms with Gasteiger partial charge in [-0.2, -0.15) is 0 Å². The van der Waals surface area contributed by atoms with Gasteiger partial charge in [0.25, 0.3) is 0 Å². The number of methoxy groups -OCH3 is 1. The predicted molar refractivity (Wildman–Crippen MR) is 88.8 cm³/mol. The van der Waals surface area contributed by atoms with E-state index >= 15 is 0 Å². The third-order valence-electron chi connectivity index (χ3n) is 2.92. The summed E-state index contributed by atoms with van der Waals surface area (Å²) in [6, 6.07) is 13.9. The number of anilines is 1. The first-order valence-corrected chi connectivity index (χ1v) is 7.57. The van der Waals surface area contributed by atoms with E-state index in [1.807, 2.05) is 49.4 Å². The number of rotatable bonds is 7. The molecule has 0 bridgehead atoms. The van der Waals surface area contributed by atoms with Crippen molar-refractivity contribution < 1.29 is 9.47 Å². The minimum atomic E-state index is 0.607. The summed E-state index contributed by atoms with van der Waals surface area (Å²) in [7, 11) is 1.64. The Labute approximate surface area is 133 Å². The van der Waals surface area contributed by atoms with Crippen LogP contribution in [0.15, 0.2) is 46.9 Å². The van der Waals surface area contributed by atoms with Gasteiger partial charge in [-0.3, -0.25) is 0 Å². The number of hydrogen-bond donors (Lipinski definition) is 2. The Morgan fingerprint density at radius 2 is 1.86 bits per heavy atom. The Balaban J connectivity index is 2.02. The Bertz CT molecular complexity index is 576. The fourth-order valence-electron chi connectivity index (χ4n) is 1.90. The van der Waals surface area contributed by atoms with Crippen LogP contribution in [-0.2, 0) is 6.54 Å². The van der Waals surface area contributed by atoms with Crippen LogP contribution in [0.2, 0.25) is 0 Å². The van der Waals surface area contributed by atoms with Crippen molar-refractivity contribution in [3.05, 3.63) is 52.5 Å². The molecule has 4 nitrogen and oxygen atoms in total. The average molecular weight is 351 g/mol. The zero-order valence-corrected chi connectivity index (χ0v) is 13.7. The van der Waals surface area contributed by atoms with E-state index in [0.717, 1.165) is 27.2 Å². The first kappa shape index (κ1) is 15.7. The number of ether oxygens (including phenoxy) is 2. The fraction of sp³-hybridized carbons (Fsp3) is 0.250. The van der Waals surface area contributed by atoms with E-state index in [2.05, 4.69) is 26.8 Å². The second kappa shape index (κ2) is 7.90. The zero-order chi connectivity index (χ0) is 15.1. The average Bonchev–Trinajstić information content (AvgIpc) is 2.51. The first-order chi connectivity index (χ1) is 10.2. The molecule has 2 N–H and O–H groups in total. The summed E-state index contributed by atoms with van der Waals surface area (Å²) in [5.74, 6) is 1.48. The van der Waals surface area contributed by atoms with Crippen molar-refractivity contribution >= 4 is 21.6 Å². The van der Waals surface area contributed by atoms with Gasteiger partial charge in [-0.05, 0) is 36.8 Å². The van der Waals surface area contributed by atoms with E-state index in [0.29, 0.717) is 13.2 Å². The molecule has 0 aliphatic rings. The highest BCUT2D eigenvalue weighted by molar-refractivity contribution is 9.10. The maximum Gasteiger partial charge on any atom is 0.162 e. The molecule has 0 unspecified atom stereocenters. The van der Waals surface area contributed by atoms with E-state index in [1.54, 1.807) is 7.11 Å². The third kappa shape index (κ3) is 4.37. The molecule has 0 radical (unpaired) electrons. The van der Waals surface area contributed by atoms with Gasteiger partial charge in [0.1, 0.15) is 0 Å². The van der Waals surface area contributed by atoms with Crippen LogP contribution >= 0.6 is 15.9 Å². The number of nitrogens with one attached hydrogen (secondary N) is 2. The van der Waals surface area contributed by atoms with Gasteiger partial charge >= 0.3 is 0 Å². The standard InChI is InChI=1S/C16H19BrN2O2/c1-3-21-16-10-14(17)12(9-15(16)20-2)11-18-19-13-7-5-4-6-8-13/h4-10,18-19H,3,11H2,1-2H3. The van der Waals surface area contributed by atoms with Gasteiger partial charge in [0.05, 0.1) is 13.7 Å². The van der Waals surface area contributed by atoms with Crippen LogP contribution < -0.4 is 20.3 Å². The molecule has 0 aromatic heterocycles. The Morgan fingerprint density at radius 1 is 1.10 bits per heavy atom. The second-order valence-electron chi connectivity index (χ2n) is 4.37. The lowest BCUT2D eigenvalue weighted by Gasteiger charge is -2.14. The third-order valence-corrected chi connectivity index (χ3v) is 3.66. The lowest BCUT2D eigenvalue weighted by Crippen LogP contribution is -2.21.